The molecule has 0 spiro atoms. The highest BCUT2D eigenvalue weighted by molar-refractivity contribution is 5.93. The molecule has 2 N–H and O–H groups in total. The Labute approximate surface area is 168 Å². The van der Waals surface area contributed by atoms with Gasteiger partial charge >= 0.3 is 0 Å². The van der Waals surface area contributed by atoms with Gasteiger partial charge in [-0.25, -0.2) is 14.4 Å². The molecule has 1 aliphatic heterocycles. The first-order valence-corrected chi connectivity index (χ1v) is 9.50. The summed E-state index contributed by atoms with van der Waals surface area (Å²) in [6, 6.07) is 6.09. The van der Waals surface area contributed by atoms with Crippen LogP contribution in [-0.4, -0.2) is 53.3 Å². The van der Waals surface area contributed by atoms with Crippen LogP contribution in [-0.2, 0) is 0 Å². The lowest BCUT2D eigenvalue weighted by atomic mass is 10.1. The van der Waals surface area contributed by atoms with Crippen molar-refractivity contribution in [3.05, 3.63) is 42.0 Å². The number of aromatic hydroxyl groups is 1. The zero-order chi connectivity index (χ0) is 20.4. The van der Waals surface area contributed by atoms with Gasteiger partial charge in [0.15, 0.2) is 11.5 Å². The predicted molar refractivity (Wildman–Crippen MR) is 109 cm³/mol. The molecule has 0 amide bonds. The van der Waals surface area contributed by atoms with Crippen molar-refractivity contribution in [1.82, 2.24) is 14.9 Å². The summed E-state index contributed by atoms with van der Waals surface area (Å²) in [4.78, 5) is 10.9. The standard InChI is InChI=1S/C21H23FN4O3/c1-13-17(27)5-4-15(22)20(13)25-21-14-10-18(28-2)19(11-16(14)23-12-24-21)29-9-8-26-6-3-7-26/h4-5,10-12,27H,3,6-9H2,1-2H3,(H,23,24,25). The first-order valence-electron chi connectivity index (χ1n) is 9.50. The summed E-state index contributed by atoms with van der Waals surface area (Å²) < 4.78 is 25.7. The van der Waals surface area contributed by atoms with Gasteiger partial charge in [0.1, 0.15) is 30.3 Å². The number of anilines is 2. The Bertz CT molecular complexity index is 1040. The minimum atomic E-state index is -0.482. The summed E-state index contributed by atoms with van der Waals surface area (Å²) in [6.45, 7) is 5.30. The summed E-state index contributed by atoms with van der Waals surface area (Å²) in [5, 5.41) is 13.5. The molecular formula is C21H23FN4O3. The highest BCUT2D eigenvalue weighted by atomic mass is 19.1. The first kappa shape index (κ1) is 19.2. The van der Waals surface area contributed by atoms with Crippen molar-refractivity contribution in [2.24, 2.45) is 0 Å². The van der Waals surface area contributed by atoms with Crippen LogP contribution in [0.2, 0.25) is 0 Å². The number of rotatable bonds is 7. The second-order valence-corrected chi connectivity index (χ2v) is 6.98. The number of methoxy groups -OCH3 is 1. The Kier molecular flexibility index (Phi) is 5.35. The molecule has 3 aromatic rings. The lowest BCUT2D eigenvalue weighted by Crippen LogP contribution is -2.39. The second-order valence-electron chi connectivity index (χ2n) is 6.98. The molecule has 0 unspecified atom stereocenters. The number of phenolic OH excluding ortho intramolecular Hbond substituents is 1. The van der Waals surface area contributed by atoms with Gasteiger partial charge < -0.3 is 19.9 Å². The Balaban J connectivity index is 1.65. The normalized spacial score (nSPS) is 13.9. The van der Waals surface area contributed by atoms with Crippen molar-refractivity contribution < 1.29 is 19.0 Å². The predicted octanol–water partition coefficient (Wildman–Crippen LogP) is 3.62. The lowest BCUT2D eigenvalue weighted by molar-refractivity contribution is 0.145. The molecule has 0 atom stereocenters. The number of ether oxygens (including phenoxy) is 2. The SMILES string of the molecule is COc1cc2c(Nc3c(F)ccc(O)c3C)ncnc2cc1OCCN1CCC1. The molecule has 0 aliphatic carbocycles. The molecule has 0 radical (unpaired) electrons. The maximum absolute atomic E-state index is 14.3. The van der Waals surface area contributed by atoms with Gasteiger partial charge in [-0.15, -0.1) is 0 Å². The van der Waals surface area contributed by atoms with Gasteiger partial charge in [-0.2, -0.15) is 0 Å². The van der Waals surface area contributed by atoms with Crippen molar-refractivity contribution in [3.63, 3.8) is 0 Å². The van der Waals surface area contributed by atoms with Gasteiger partial charge in [-0.1, -0.05) is 0 Å². The van der Waals surface area contributed by atoms with E-state index in [4.69, 9.17) is 9.47 Å². The smallest absolute Gasteiger partial charge is 0.163 e. The number of aromatic nitrogens is 2. The van der Waals surface area contributed by atoms with E-state index < -0.39 is 5.82 Å². The quantitative estimate of drug-likeness (QED) is 0.629. The summed E-state index contributed by atoms with van der Waals surface area (Å²) in [5.74, 6) is 1.08. The molecule has 7 nitrogen and oxygen atoms in total. The van der Waals surface area contributed by atoms with Gasteiger partial charge in [-0.3, -0.25) is 4.90 Å². The average molecular weight is 398 g/mol. The summed E-state index contributed by atoms with van der Waals surface area (Å²) in [6.07, 6.45) is 2.64. The van der Waals surface area contributed by atoms with Crippen molar-refractivity contribution in [2.45, 2.75) is 13.3 Å². The van der Waals surface area contributed by atoms with Gasteiger partial charge in [0.25, 0.3) is 0 Å². The zero-order valence-corrected chi connectivity index (χ0v) is 16.4. The number of phenols is 1. The Morgan fingerprint density at radius 3 is 2.76 bits per heavy atom. The fourth-order valence-corrected chi connectivity index (χ4v) is 3.27. The first-order chi connectivity index (χ1) is 14.1. The van der Waals surface area contributed by atoms with Gasteiger partial charge in [0.05, 0.1) is 18.3 Å². The molecule has 2 heterocycles. The zero-order valence-electron chi connectivity index (χ0n) is 16.4. The topological polar surface area (TPSA) is 79.7 Å². The summed E-state index contributed by atoms with van der Waals surface area (Å²) in [7, 11) is 1.57. The number of benzene rings is 2. The van der Waals surface area contributed by atoms with E-state index in [9.17, 15) is 9.50 Å². The minimum absolute atomic E-state index is 0.00253. The van der Waals surface area contributed by atoms with Gasteiger partial charge in [0, 0.05) is 23.6 Å². The molecule has 1 aliphatic rings. The highest BCUT2D eigenvalue weighted by Crippen LogP contribution is 2.36. The number of nitrogens with zero attached hydrogens (tertiary/aromatic N) is 3. The van der Waals surface area contributed by atoms with Crippen LogP contribution in [0.25, 0.3) is 10.9 Å². The van der Waals surface area contributed by atoms with Crippen LogP contribution >= 0.6 is 0 Å². The summed E-state index contributed by atoms with van der Waals surface area (Å²) >= 11 is 0. The van der Waals surface area contributed by atoms with E-state index in [-0.39, 0.29) is 11.4 Å². The third-order valence-corrected chi connectivity index (χ3v) is 5.16. The van der Waals surface area contributed by atoms with E-state index in [1.807, 2.05) is 0 Å². The van der Waals surface area contributed by atoms with Gasteiger partial charge in [0.2, 0.25) is 0 Å². The summed E-state index contributed by atoms with van der Waals surface area (Å²) in [5.41, 5.74) is 1.20. The molecule has 0 bridgehead atoms. The van der Waals surface area contributed by atoms with Crippen molar-refractivity contribution >= 4 is 22.4 Å². The van der Waals surface area contributed by atoms with Gasteiger partial charge in [-0.05, 0) is 44.6 Å². The largest absolute Gasteiger partial charge is 0.508 e. The van der Waals surface area contributed by atoms with Crippen molar-refractivity contribution in [1.29, 1.82) is 0 Å². The number of nitrogens with one attached hydrogen (secondary N) is 1. The lowest BCUT2D eigenvalue weighted by Gasteiger charge is -2.30. The Morgan fingerprint density at radius 1 is 1.21 bits per heavy atom. The highest BCUT2D eigenvalue weighted by Gasteiger charge is 2.17. The number of halogens is 1. The molecule has 8 heteroatoms. The third kappa shape index (κ3) is 3.88. The molecular weight excluding hydrogens is 375 g/mol. The maximum atomic E-state index is 14.3. The molecule has 1 saturated heterocycles. The minimum Gasteiger partial charge on any atom is -0.508 e. The van der Waals surface area contributed by atoms with E-state index in [1.165, 1.54) is 24.9 Å². The Morgan fingerprint density at radius 2 is 2.03 bits per heavy atom. The van der Waals surface area contributed by atoms with Crippen LogP contribution in [0.4, 0.5) is 15.9 Å². The van der Waals surface area contributed by atoms with Crippen molar-refractivity contribution in [2.75, 3.05) is 38.7 Å². The van der Waals surface area contributed by atoms with Crippen LogP contribution in [0.1, 0.15) is 12.0 Å². The van der Waals surface area contributed by atoms with E-state index in [1.54, 1.807) is 26.2 Å². The number of likely N-dealkylation sites (tertiary alicyclic amines) is 1. The third-order valence-electron chi connectivity index (χ3n) is 5.16. The fourth-order valence-electron chi connectivity index (χ4n) is 3.27. The maximum Gasteiger partial charge on any atom is 0.163 e. The van der Waals surface area contributed by atoms with E-state index in [0.717, 1.165) is 19.6 Å². The molecule has 29 heavy (non-hydrogen) atoms. The number of hydrogen-bond acceptors (Lipinski definition) is 7. The molecule has 1 fully saturated rings. The van der Waals surface area contributed by atoms with E-state index in [0.29, 0.717) is 40.4 Å². The monoisotopic (exact) mass is 398 g/mol. The molecule has 4 rings (SSSR count). The van der Waals surface area contributed by atoms with Crippen LogP contribution in [0.3, 0.4) is 0 Å². The fraction of sp³-hybridized carbons (Fsp3) is 0.333. The second kappa shape index (κ2) is 8.08. The molecule has 0 saturated carbocycles. The number of hydrogen-bond donors (Lipinski definition) is 2. The van der Waals surface area contributed by atoms with Crippen LogP contribution in [0.15, 0.2) is 30.6 Å². The Hall–Kier alpha value is -3.13. The van der Waals surface area contributed by atoms with Crippen LogP contribution in [0.5, 0.6) is 17.2 Å². The average Bonchev–Trinajstić information content (AvgIpc) is 2.69. The molecule has 152 valence electrons. The molecule has 2 aromatic carbocycles. The van der Waals surface area contributed by atoms with E-state index in [2.05, 4.69) is 20.2 Å². The van der Waals surface area contributed by atoms with Crippen LogP contribution < -0.4 is 14.8 Å². The van der Waals surface area contributed by atoms with E-state index >= 15 is 0 Å². The van der Waals surface area contributed by atoms with Crippen LogP contribution in [0, 0.1) is 12.7 Å². The van der Waals surface area contributed by atoms with Crippen molar-refractivity contribution in [3.8, 4) is 17.2 Å². The molecule has 1 aromatic heterocycles. The number of fused-ring (bicyclic) bond motifs is 1.